The minimum absolute atomic E-state index is 0.120. The summed E-state index contributed by atoms with van der Waals surface area (Å²) >= 11 is 5.36. The molecule has 0 spiro atoms. The minimum atomic E-state index is -0.120. The van der Waals surface area contributed by atoms with E-state index in [-0.39, 0.29) is 5.91 Å². The first-order valence-corrected chi connectivity index (χ1v) is 10.4. The molecule has 0 saturated carbocycles. The van der Waals surface area contributed by atoms with Crippen LogP contribution in [-0.2, 0) is 4.74 Å². The maximum Gasteiger partial charge on any atom is 0.289 e. The Hall–Kier alpha value is -3.05. The average molecular weight is 446 g/mol. The summed E-state index contributed by atoms with van der Waals surface area (Å²) in [6.45, 7) is 7.09. The number of aromatic nitrogens is 2. The van der Waals surface area contributed by atoms with Gasteiger partial charge in [-0.25, -0.2) is 9.97 Å². The molecule has 0 aliphatic carbocycles. The Balaban J connectivity index is 1.71. The summed E-state index contributed by atoms with van der Waals surface area (Å²) in [7, 11) is 1.63. The van der Waals surface area contributed by atoms with E-state index in [9.17, 15) is 4.79 Å². The number of aryl methyl sites for hydroxylation is 2. The Morgan fingerprint density at radius 2 is 1.90 bits per heavy atom. The number of carbonyl (C=O) groups is 1. The first-order valence-electron chi connectivity index (χ1n) is 9.99. The number of piperazine rings is 1. The van der Waals surface area contributed by atoms with E-state index < -0.39 is 0 Å². The number of amides is 1. The summed E-state index contributed by atoms with van der Waals surface area (Å²) in [4.78, 5) is 29.7. The molecule has 2 aromatic heterocycles. The molecule has 11 heteroatoms. The number of furan rings is 1. The average Bonchev–Trinajstić information content (AvgIpc) is 3.27. The third-order valence-electron chi connectivity index (χ3n) is 4.59. The molecule has 1 aliphatic rings. The number of methoxy groups -OCH3 is 1. The summed E-state index contributed by atoms with van der Waals surface area (Å²) in [6.07, 6.45) is 1.50. The van der Waals surface area contributed by atoms with Crippen LogP contribution in [0.4, 0.5) is 5.95 Å². The van der Waals surface area contributed by atoms with Gasteiger partial charge in [0.15, 0.2) is 10.9 Å². The fraction of sp³-hybridized carbons (Fsp3) is 0.450. The summed E-state index contributed by atoms with van der Waals surface area (Å²) in [5, 5.41) is 6.57. The monoisotopic (exact) mass is 445 g/mol. The molecule has 1 saturated heterocycles. The number of nitrogens with zero attached hydrogens (tertiary/aromatic N) is 5. The number of hydrogen-bond donors (Lipinski definition) is 2. The maximum absolute atomic E-state index is 12.5. The van der Waals surface area contributed by atoms with Crippen LogP contribution in [0.2, 0.25) is 0 Å². The Kier molecular flexibility index (Phi) is 7.90. The van der Waals surface area contributed by atoms with Gasteiger partial charge in [0.25, 0.3) is 5.91 Å². The Bertz CT molecular complexity index is 905. The molecule has 31 heavy (non-hydrogen) atoms. The Morgan fingerprint density at radius 3 is 2.52 bits per heavy atom. The summed E-state index contributed by atoms with van der Waals surface area (Å²) in [5.41, 5.74) is 1.70. The molecular weight excluding hydrogens is 418 g/mol. The zero-order valence-electron chi connectivity index (χ0n) is 17.9. The van der Waals surface area contributed by atoms with E-state index in [0.29, 0.717) is 62.1 Å². The van der Waals surface area contributed by atoms with Gasteiger partial charge in [0.2, 0.25) is 11.9 Å². The first-order chi connectivity index (χ1) is 15.0. The van der Waals surface area contributed by atoms with Crippen LogP contribution in [0.3, 0.4) is 0 Å². The van der Waals surface area contributed by atoms with E-state index in [1.807, 2.05) is 24.8 Å². The highest BCUT2D eigenvalue weighted by Gasteiger charge is 2.26. The molecule has 166 valence electrons. The van der Waals surface area contributed by atoms with Gasteiger partial charge in [-0.2, -0.15) is 4.99 Å². The molecule has 3 rings (SSSR count). The van der Waals surface area contributed by atoms with Crippen molar-refractivity contribution in [2.24, 2.45) is 4.99 Å². The van der Waals surface area contributed by atoms with E-state index in [2.05, 4.69) is 25.6 Å². The van der Waals surface area contributed by atoms with Crippen molar-refractivity contribution in [3.8, 4) is 0 Å². The van der Waals surface area contributed by atoms with E-state index in [1.165, 1.54) is 6.26 Å². The number of carbonyl (C=O) groups excluding carboxylic acids is 1. The topological polar surface area (TPSA) is 108 Å². The second-order valence-electron chi connectivity index (χ2n) is 7.02. The number of aliphatic imine (C=N–C) groups is 1. The summed E-state index contributed by atoms with van der Waals surface area (Å²) in [5.74, 6) is 1.20. The molecule has 0 radical (unpaired) electrons. The van der Waals surface area contributed by atoms with E-state index in [0.717, 1.165) is 11.4 Å². The lowest BCUT2D eigenvalue weighted by molar-refractivity contribution is 0.0660. The molecule has 1 fully saturated rings. The van der Waals surface area contributed by atoms with Crippen LogP contribution in [-0.4, -0.2) is 83.2 Å². The molecule has 1 amide bonds. The number of rotatable bonds is 5. The van der Waals surface area contributed by atoms with Gasteiger partial charge in [0.1, 0.15) is 0 Å². The van der Waals surface area contributed by atoms with Crippen molar-refractivity contribution < 1.29 is 13.9 Å². The van der Waals surface area contributed by atoms with Crippen molar-refractivity contribution in [1.29, 1.82) is 0 Å². The SMILES string of the molecule is COCCNC(=S)/N=C(/Nc1nc(C)cc(C)n1)N1CCN(C(=O)c2ccco2)CC1. The molecule has 3 heterocycles. The van der Waals surface area contributed by atoms with Crippen molar-refractivity contribution in [2.45, 2.75) is 13.8 Å². The van der Waals surface area contributed by atoms with Crippen molar-refractivity contribution in [2.75, 3.05) is 51.8 Å². The summed E-state index contributed by atoms with van der Waals surface area (Å²) < 4.78 is 10.3. The van der Waals surface area contributed by atoms with Gasteiger partial charge in [-0.1, -0.05) is 0 Å². The van der Waals surface area contributed by atoms with Crippen molar-refractivity contribution in [3.63, 3.8) is 0 Å². The van der Waals surface area contributed by atoms with Crippen LogP contribution in [0.1, 0.15) is 21.9 Å². The molecule has 1 aliphatic heterocycles. The molecule has 10 nitrogen and oxygen atoms in total. The molecule has 0 aromatic carbocycles. The molecule has 0 atom stereocenters. The normalized spacial score (nSPS) is 14.5. The lowest BCUT2D eigenvalue weighted by Gasteiger charge is -2.36. The quantitative estimate of drug-likeness (QED) is 0.306. The highest BCUT2D eigenvalue weighted by atomic mass is 32.1. The van der Waals surface area contributed by atoms with E-state index >= 15 is 0 Å². The molecule has 2 aromatic rings. The van der Waals surface area contributed by atoms with Crippen molar-refractivity contribution in [3.05, 3.63) is 41.6 Å². The number of nitrogens with one attached hydrogen (secondary N) is 2. The van der Waals surface area contributed by atoms with Crippen LogP contribution in [0.15, 0.2) is 33.9 Å². The highest BCUT2D eigenvalue weighted by Crippen LogP contribution is 2.11. The largest absolute Gasteiger partial charge is 0.459 e. The highest BCUT2D eigenvalue weighted by molar-refractivity contribution is 7.80. The molecular formula is C20H27N7O3S. The second-order valence-corrected chi connectivity index (χ2v) is 7.40. The second kappa shape index (κ2) is 10.8. The first kappa shape index (κ1) is 22.6. The maximum atomic E-state index is 12.5. The van der Waals surface area contributed by atoms with Gasteiger partial charge in [-0.05, 0) is 44.3 Å². The standard InChI is InChI=1S/C20H27N7O3S/c1-14-13-15(2)23-18(22-14)24-19(25-20(31)21-6-12-29-3)27-9-7-26(8-10-27)17(28)16-5-4-11-30-16/h4-5,11,13H,6-10,12H2,1-3H3,(H2,21,22,23,24,25,31). The van der Waals surface area contributed by atoms with E-state index in [1.54, 1.807) is 24.1 Å². The third-order valence-corrected chi connectivity index (χ3v) is 4.83. The van der Waals surface area contributed by atoms with Crippen LogP contribution in [0, 0.1) is 13.8 Å². The predicted octanol–water partition coefficient (Wildman–Crippen LogP) is 1.43. The van der Waals surface area contributed by atoms with Crippen LogP contribution < -0.4 is 10.6 Å². The zero-order chi connectivity index (χ0) is 22.2. The fourth-order valence-corrected chi connectivity index (χ4v) is 3.32. The van der Waals surface area contributed by atoms with Crippen LogP contribution >= 0.6 is 12.2 Å². The summed E-state index contributed by atoms with van der Waals surface area (Å²) in [6, 6.07) is 5.28. The van der Waals surface area contributed by atoms with Gasteiger partial charge >= 0.3 is 0 Å². The van der Waals surface area contributed by atoms with Gasteiger partial charge in [0, 0.05) is 51.2 Å². The smallest absolute Gasteiger partial charge is 0.289 e. The van der Waals surface area contributed by atoms with Gasteiger partial charge in [0.05, 0.1) is 12.9 Å². The number of anilines is 1. The number of ether oxygens (including phenoxy) is 1. The van der Waals surface area contributed by atoms with Gasteiger partial charge < -0.3 is 24.3 Å². The predicted molar refractivity (Wildman–Crippen MR) is 121 cm³/mol. The zero-order valence-corrected chi connectivity index (χ0v) is 18.7. The Morgan fingerprint density at radius 1 is 1.23 bits per heavy atom. The van der Waals surface area contributed by atoms with Gasteiger partial charge in [-0.15, -0.1) is 0 Å². The number of thiocarbonyl (C=S) groups is 1. The van der Waals surface area contributed by atoms with Crippen molar-refractivity contribution in [1.82, 2.24) is 25.1 Å². The van der Waals surface area contributed by atoms with Crippen molar-refractivity contribution >= 4 is 35.1 Å². The third kappa shape index (κ3) is 6.46. The lowest BCUT2D eigenvalue weighted by atomic mass is 10.3. The van der Waals surface area contributed by atoms with Gasteiger partial charge in [-0.3, -0.25) is 10.1 Å². The number of guanidine groups is 1. The number of hydrogen-bond acceptors (Lipinski definition) is 6. The molecule has 2 N–H and O–H groups in total. The minimum Gasteiger partial charge on any atom is -0.459 e. The van der Waals surface area contributed by atoms with Crippen LogP contribution in [0.5, 0.6) is 0 Å². The van der Waals surface area contributed by atoms with Crippen LogP contribution in [0.25, 0.3) is 0 Å². The fourth-order valence-electron chi connectivity index (χ4n) is 3.13. The molecule has 0 unspecified atom stereocenters. The molecule has 0 bridgehead atoms. The van der Waals surface area contributed by atoms with E-state index in [4.69, 9.17) is 21.4 Å². The lowest BCUT2D eigenvalue weighted by Crippen LogP contribution is -2.52. The Labute approximate surface area is 186 Å².